The lowest BCUT2D eigenvalue weighted by Gasteiger charge is -2.08. The normalized spacial score (nSPS) is 12.0. The summed E-state index contributed by atoms with van der Waals surface area (Å²) in [4.78, 5) is 0. The lowest BCUT2D eigenvalue weighted by Crippen LogP contribution is -1.97. The highest BCUT2D eigenvalue weighted by atomic mass is 15.0. The number of hydrogen-bond acceptors (Lipinski definition) is 1. The van der Waals surface area contributed by atoms with Gasteiger partial charge >= 0.3 is 0 Å². The van der Waals surface area contributed by atoms with E-state index >= 15 is 0 Å². The molecule has 0 saturated heterocycles. The van der Waals surface area contributed by atoms with E-state index in [1.165, 1.54) is 10.9 Å². The zero-order valence-electron chi connectivity index (χ0n) is 15.0. The molecule has 0 amide bonds. The van der Waals surface area contributed by atoms with Gasteiger partial charge in [0, 0.05) is 34.3 Å². The third-order valence-corrected chi connectivity index (χ3v) is 4.83. The summed E-state index contributed by atoms with van der Waals surface area (Å²) in [6.45, 7) is 4.35. The molecule has 0 bridgehead atoms. The number of nitrogens with zero attached hydrogens (tertiary/aromatic N) is 2. The first kappa shape index (κ1) is 16.2. The van der Waals surface area contributed by atoms with Crippen LogP contribution in [0.2, 0.25) is 0 Å². The van der Waals surface area contributed by atoms with Crippen molar-refractivity contribution in [1.29, 1.82) is 5.26 Å². The minimum atomic E-state index is 0.366. The van der Waals surface area contributed by atoms with Gasteiger partial charge in [0.05, 0.1) is 11.6 Å². The summed E-state index contributed by atoms with van der Waals surface area (Å²) >= 11 is 0. The fourth-order valence-electron chi connectivity index (χ4n) is 3.56. The van der Waals surface area contributed by atoms with Crippen LogP contribution in [0.5, 0.6) is 0 Å². The Hall–Kier alpha value is -3.31. The minimum Gasteiger partial charge on any atom is -0.344 e. The summed E-state index contributed by atoms with van der Waals surface area (Å²) in [6, 6.07) is 25.5. The fourth-order valence-corrected chi connectivity index (χ4v) is 3.56. The van der Waals surface area contributed by atoms with Gasteiger partial charge in [0.1, 0.15) is 0 Å². The van der Waals surface area contributed by atoms with Gasteiger partial charge in [0.25, 0.3) is 0 Å². The van der Waals surface area contributed by atoms with Crippen LogP contribution in [0.25, 0.3) is 33.3 Å². The molecule has 0 aliphatic heterocycles. The highest BCUT2D eigenvalue weighted by molar-refractivity contribution is 6.04. The molecule has 4 rings (SSSR count). The summed E-state index contributed by atoms with van der Waals surface area (Å²) in [5, 5.41) is 13.3. The van der Waals surface area contributed by atoms with Gasteiger partial charge in [-0.25, -0.2) is 0 Å². The van der Waals surface area contributed by atoms with Crippen molar-refractivity contribution in [2.45, 2.75) is 19.9 Å². The number of aromatic nitrogens is 1. The number of fused-ring (bicyclic) bond motifs is 2. The van der Waals surface area contributed by atoms with Crippen LogP contribution < -0.4 is 0 Å². The SMILES string of the molecule is CC(C)n1cc(/C=C(/C#N)c2cccc3ccccc23)c2ccccc21. The second-order valence-corrected chi connectivity index (χ2v) is 6.80. The minimum absolute atomic E-state index is 0.366. The number of benzene rings is 3. The van der Waals surface area contributed by atoms with Gasteiger partial charge in [-0.3, -0.25) is 0 Å². The van der Waals surface area contributed by atoms with Gasteiger partial charge in [-0.1, -0.05) is 60.7 Å². The van der Waals surface area contributed by atoms with Crippen LogP contribution in [0.4, 0.5) is 0 Å². The summed E-state index contributed by atoms with van der Waals surface area (Å²) in [5.74, 6) is 0. The monoisotopic (exact) mass is 336 g/mol. The molecule has 2 nitrogen and oxygen atoms in total. The van der Waals surface area contributed by atoms with Crippen LogP contribution in [0.1, 0.15) is 31.0 Å². The average Bonchev–Trinajstić information content (AvgIpc) is 3.05. The Morgan fingerprint density at radius 2 is 1.62 bits per heavy atom. The number of nitriles is 1. The second-order valence-electron chi connectivity index (χ2n) is 6.80. The Bertz CT molecular complexity index is 1160. The molecule has 0 N–H and O–H groups in total. The molecule has 3 aromatic carbocycles. The predicted octanol–water partition coefficient (Wildman–Crippen LogP) is 6.44. The van der Waals surface area contributed by atoms with Crippen molar-refractivity contribution in [2.75, 3.05) is 0 Å². The van der Waals surface area contributed by atoms with Crippen molar-refractivity contribution < 1.29 is 0 Å². The first-order chi connectivity index (χ1) is 12.7. The maximum absolute atomic E-state index is 9.86. The summed E-state index contributed by atoms with van der Waals surface area (Å²) in [5.41, 5.74) is 3.95. The van der Waals surface area contributed by atoms with Gasteiger partial charge < -0.3 is 4.57 Å². The van der Waals surface area contributed by atoms with E-state index in [1.54, 1.807) is 0 Å². The number of allylic oxidation sites excluding steroid dienone is 1. The van der Waals surface area contributed by atoms with E-state index in [2.05, 4.69) is 67.1 Å². The van der Waals surface area contributed by atoms with Crippen LogP contribution in [0.15, 0.2) is 72.9 Å². The molecule has 0 fully saturated rings. The van der Waals surface area contributed by atoms with Crippen LogP contribution in [-0.4, -0.2) is 4.57 Å². The molecule has 0 unspecified atom stereocenters. The van der Waals surface area contributed by atoms with Crippen molar-refractivity contribution in [3.8, 4) is 6.07 Å². The second kappa shape index (κ2) is 6.54. The predicted molar refractivity (Wildman–Crippen MR) is 110 cm³/mol. The zero-order valence-corrected chi connectivity index (χ0v) is 15.0. The van der Waals surface area contributed by atoms with E-state index in [-0.39, 0.29) is 0 Å². The maximum Gasteiger partial charge on any atom is 0.0998 e. The molecule has 4 aromatic rings. The lowest BCUT2D eigenvalue weighted by molar-refractivity contribution is 0.622. The summed E-state index contributed by atoms with van der Waals surface area (Å²) in [6.07, 6.45) is 4.17. The third kappa shape index (κ3) is 2.68. The number of hydrogen-bond donors (Lipinski definition) is 0. The van der Waals surface area contributed by atoms with Crippen molar-refractivity contribution in [3.05, 3.63) is 84.1 Å². The van der Waals surface area contributed by atoms with Gasteiger partial charge in [-0.2, -0.15) is 5.26 Å². The largest absolute Gasteiger partial charge is 0.344 e. The van der Waals surface area contributed by atoms with Crippen molar-refractivity contribution in [3.63, 3.8) is 0 Å². The van der Waals surface area contributed by atoms with E-state index in [0.29, 0.717) is 11.6 Å². The molecule has 0 spiro atoms. The lowest BCUT2D eigenvalue weighted by atomic mass is 9.97. The van der Waals surface area contributed by atoms with Crippen LogP contribution >= 0.6 is 0 Å². The van der Waals surface area contributed by atoms with E-state index in [0.717, 1.165) is 21.9 Å². The van der Waals surface area contributed by atoms with Crippen molar-refractivity contribution >= 4 is 33.3 Å². The highest BCUT2D eigenvalue weighted by Crippen LogP contribution is 2.30. The van der Waals surface area contributed by atoms with Gasteiger partial charge in [-0.15, -0.1) is 0 Å². The molecule has 1 aromatic heterocycles. The summed E-state index contributed by atoms with van der Waals surface area (Å²) in [7, 11) is 0. The van der Waals surface area contributed by atoms with Gasteiger partial charge in [0.2, 0.25) is 0 Å². The Balaban J connectivity index is 1.95. The first-order valence-electron chi connectivity index (χ1n) is 8.88. The van der Waals surface area contributed by atoms with Gasteiger partial charge in [0.15, 0.2) is 0 Å². The van der Waals surface area contributed by atoms with E-state index in [4.69, 9.17) is 0 Å². The molecule has 26 heavy (non-hydrogen) atoms. The Labute approximate surface area is 153 Å². The van der Waals surface area contributed by atoms with Crippen molar-refractivity contribution in [2.24, 2.45) is 0 Å². The highest BCUT2D eigenvalue weighted by Gasteiger charge is 2.11. The molecule has 0 radical (unpaired) electrons. The number of rotatable bonds is 3. The third-order valence-electron chi connectivity index (χ3n) is 4.83. The maximum atomic E-state index is 9.86. The van der Waals surface area contributed by atoms with Crippen LogP contribution in [-0.2, 0) is 0 Å². The molecule has 0 aliphatic rings. The smallest absolute Gasteiger partial charge is 0.0998 e. The number of para-hydroxylation sites is 1. The van der Waals surface area contributed by atoms with Crippen LogP contribution in [0.3, 0.4) is 0 Å². The molecule has 2 heteroatoms. The standard InChI is InChI=1S/C24H20N2/c1-17(2)26-16-20(23-11-5-6-13-24(23)26)14-19(15-25)22-12-7-9-18-8-3-4-10-21(18)22/h3-14,16-17H,1-2H3/b19-14-. The Morgan fingerprint density at radius 1 is 0.923 bits per heavy atom. The fraction of sp³-hybridized carbons (Fsp3) is 0.125. The topological polar surface area (TPSA) is 28.7 Å². The average molecular weight is 336 g/mol. The molecule has 0 aliphatic carbocycles. The Kier molecular flexibility index (Phi) is 4.07. The van der Waals surface area contributed by atoms with E-state index in [9.17, 15) is 5.26 Å². The Morgan fingerprint density at radius 3 is 2.38 bits per heavy atom. The van der Waals surface area contributed by atoms with E-state index < -0.39 is 0 Å². The van der Waals surface area contributed by atoms with Gasteiger partial charge in [-0.05, 0) is 36.8 Å². The van der Waals surface area contributed by atoms with Crippen molar-refractivity contribution in [1.82, 2.24) is 4.57 Å². The van der Waals surface area contributed by atoms with Crippen LogP contribution in [0, 0.1) is 11.3 Å². The van der Waals surface area contributed by atoms with E-state index in [1.807, 2.05) is 36.4 Å². The quantitative estimate of drug-likeness (QED) is 0.396. The zero-order chi connectivity index (χ0) is 18.1. The molecule has 0 atom stereocenters. The molecular formula is C24H20N2. The summed E-state index contributed by atoms with van der Waals surface area (Å²) < 4.78 is 2.26. The molecular weight excluding hydrogens is 316 g/mol. The first-order valence-corrected chi connectivity index (χ1v) is 8.88. The molecule has 0 saturated carbocycles. The molecule has 126 valence electrons. The molecule has 1 heterocycles.